The van der Waals surface area contributed by atoms with Crippen LogP contribution in [0.2, 0.25) is 0 Å². The Hall–Kier alpha value is -2.42. The SMILES string of the molecule is Cc1ccnc(Nc2ccc3ccccc3n2)c1. The third-order valence-corrected chi connectivity index (χ3v) is 2.77. The molecule has 18 heavy (non-hydrogen) atoms. The molecule has 0 bridgehead atoms. The average molecular weight is 235 g/mol. The second-order valence-corrected chi connectivity index (χ2v) is 4.23. The van der Waals surface area contributed by atoms with E-state index < -0.39 is 0 Å². The number of rotatable bonds is 2. The van der Waals surface area contributed by atoms with E-state index in [0.717, 1.165) is 22.5 Å². The van der Waals surface area contributed by atoms with Crippen molar-refractivity contribution in [1.29, 1.82) is 0 Å². The van der Waals surface area contributed by atoms with Crippen molar-refractivity contribution in [2.75, 3.05) is 5.32 Å². The lowest BCUT2D eigenvalue weighted by Crippen LogP contribution is -1.96. The number of hydrogen-bond acceptors (Lipinski definition) is 3. The molecule has 3 heteroatoms. The largest absolute Gasteiger partial charge is 0.325 e. The summed E-state index contributed by atoms with van der Waals surface area (Å²) in [4.78, 5) is 8.81. The fourth-order valence-electron chi connectivity index (χ4n) is 1.87. The normalized spacial score (nSPS) is 10.5. The van der Waals surface area contributed by atoms with Crippen LogP contribution in [0.15, 0.2) is 54.7 Å². The first kappa shape index (κ1) is 10.7. The molecule has 0 aliphatic rings. The van der Waals surface area contributed by atoms with Crippen LogP contribution in [-0.2, 0) is 0 Å². The van der Waals surface area contributed by atoms with Gasteiger partial charge in [0.1, 0.15) is 11.6 Å². The van der Waals surface area contributed by atoms with Gasteiger partial charge >= 0.3 is 0 Å². The van der Waals surface area contributed by atoms with Crippen LogP contribution in [0.1, 0.15) is 5.56 Å². The Morgan fingerprint density at radius 2 is 1.83 bits per heavy atom. The molecule has 2 aromatic heterocycles. The van der Waals surface area contributed by atoms with E-state index >= 15 is 0 Å². The highest BCUT2D eigenvalue weighted by Gasteiger charge is 1.99. The summed E-state index contributed by atoms with van der Waals surface area (Å²) < 4.78 is 0. The Bertz CT molecular complexity index is 692. The van der Waals surface area contributed by atoms with Crippen LogP contribution >= 0.6 is 0 Å². The minimum atomic E-state index is 0.812. The van der Waals surface area contributed by atoms with Gasteiger partial charge in [-0.25, -0.2) is 9.97 Å². The summed E-state index contributed by atoms with van der Waals surface area (Å²) in [5.41, 5.74) is 2.16. The van der Waals surface area contributed by atoms with E-state index in [4.69, 9.17) is 0 Å². The minimum Gasteiger partial charge on any atom is -0.325 e. The van der Waals surface area contributed by atoms with Gasteiger partial charge in [0.15, 0.2) is 0 Å². The monoisotopic (exact) mass is 235 g/mol. The van der Waals surface area contributed by atoms with E-state index in [1.165, 1.54) is 5.56 Å². The summed E-state index contributed by atoms with van der Waals surface area (Å²) in [7, 11) is 0. The van der Waals surface area contributed by atoms with Crippen molar-refractivity contribution in [3.8, 4) is 0 Å². The first-order valence-corrected chi connectivity index (χ1v) is 5.87. The molecule has 0 atom stereocenters. The second kappa shape index (κ2) is 4.45. The molecule has 0 aliphatic carbocycles. The van der Waals surface area contributed by atoms with Crippen LogP contribution in [0.25, 0.3) is 10.9 Å². The summed E-state index contributed by atoms with van der Waals surface area (Å²) in [5, 5.41) is 4.35. The van der Waals surface area contributed by atoms with Crippen molar-refractivity contribution < 1.29 is 0 Å². The molecule has 0 aliphatic heterocycles. The molecule has 0 spiro atoms. The standard InChI is InChI=1S/C15H13N3/c1-11-8-9-16-15(10-11)18-14-7-6-12-4-2-3-5-13(12)17-14/h2-10H,1H3,(H,16,17,18). The van der Waals surface area contributed by atoms with Crippen molar-refractivity contribution >= 4 is 22.5 Å². The average Bonchev–Trinajstić information content (AvgIpc) is 2.39. The first-order chi connectivity index (χ1) is 8.81. The molecule has 0 saturated heterocycles. The van der Waals surface area contributed by atoms with E-state index in [1.54, 1.807) is 6.20 Å². The summed E-state index contributed by atoms with van der Waals surface area (Å²) in [6, 6.07) is 16.0. The maximum Gasteiger partial charge on any atom is 0.132 e. The summed E-state index contributed by atoms with van der Waals surface area (Å²) >= 11 is 0. The van der Waals surface area contributed by atoms with Gasteiger partial charge in [-0.05, 0) is 42.8 Å². The molecule has 3 nitrogen and oxygen atoms in total. The molecular weight excluding hydrogens is 222 g/mol. The molecule has 88 valence electrons. The molecule has 2 heterocycles. The number of benzene rings is 1. The number of nitrogens with one attached hydrogen (secondary N) is 1. The van der Waals surface area contributed by atoms with Gasteiger partial charge in [0.05, 0.1) is 5.52 Å². The number of hydrogen-bond donors (Lipinski definition) is 1. The summed E-state index contributed by atoms with van der Waals surface area (Å²) in [6.07, 6.45) is 1.79. The predicted molar refractivity (Wildman–Crippen MR) is 74.0 cm³/mol. The van der Waals surface area contributed by atoms with Crippen molar-refractivity contribution in [2.24, 2.45) is 0 Å². The maximum atomic E-state index is 4.55. The number of nitrogens with zero attached hydrogens (tertiary/aromatic N) is 2. The van der Waals surface area contributed by atoms with Gasteiger partial charge in [0, 0.05) is 11.6 Å². The Labute approximate surface area is 106 Å². The number of pyridine rings is 2. The van der Waals surface area contributed by atoms with Gasteiger partial charge in [0.2, 0.25) is 0 Å². The number of para-hydroxylation sites is 1. The third kappa shape index (κ3) is 2.15. The summed E-state index contributed by atoms with van der Waals surface area (Å²) in [5.74, 6) is 1.63. The first-order valence-electron chi connectivity index (χ1n) is 5.87. The van der Waals surface area contributed by atoms with Crippen LogP contribution in [0.5, 0.6) is 0 Å². The third-order valence-electron chi connectivity index (χ3n) is 2.77. The molecule has 3 aromatic rings. The molecule has 0 fully saturated rings. The quantitative estimate of drug-likeness (QED) is 0.736. The fourth-order valence-corrected chi connectivity index (χ4v) is 1.87. The van der Waals surface area contributed by atoms with Gasteiger partial charge in [-0.3, -0.25) is 0 Å². The topological polar surface area (TPSA) is 37.8 Å². The smallest absolute Gasteiger partial charge is 0.132 e. The highest BCUT2D eigenvalue weighted by molar-refractivity contribution is 5.80. The highest BCUT2D eigenvalue weighted by atomic mass is 15.0. The lowest BCUT2D eigenvalue weighted by atomic mass is 10.2. The maximum absolute atomic E-state index is 4.55. The second-order valence-electron chi connectivity index (χ2n) is 4.23. The van der Waals surface area contributed by atoms with Gasteiger partial charge < -0.3 is 5.32 Å². The lowest BCUT2D eigenvalue weighted by molar-refractivity contribution is 1.25. The fraction of sp³-hybridized carbons (Fsp3) is 0.0667. The van der Waals surface area contributed by atoms with Gasteiger partial charge in [-0.2, -0.15) is 0 Å². The van der Waals surface area contributed by atoms with Crippen LogP contribution in [-0.4, -0.2) is 9.97 Å². The predicted octanol–water partition coefficient (Wildman–Crippen LogP) is 3.68. The van der Waals surface area contributed by atoms with Crippen molar-refractivity contribution in [3.63, 3.8) is 0 Å². The molecule has 1 aromatic carbocycles. The number of anilines is 2. The van der Waals surface area contributed by atoms with E-state index in [0.29, 0.717) is 0 Å². The molecule has 0 radical (unpaired) electrons. The minimum absolute atomic E-state index is 0.812. The molecule has 0 amide bonds. The van der Waals surface area contributed by atoms with Gasteiger partial charge in [-0.15, -0.1) is 0 Å². The van der Waals surface area contributed by atoms with Crippen molar-refractivity contribution in [1.82, 2.24) is 9.97 Å². The Kier molecular flexibility index (Phi) is 2.65. The zero-order valence-corrected chi connectivity index (χ0v) is 10.1. The number of aryl methyl sites for hydroxylation is 1. The number of aromatic nitrogens is 2. The van der Waals surface area contributed by atoms with Gasteiger partial charge in [0.25, 0.3) is 0 Å². The van der Waals surface area contributed by atoms with E-state index in [9.17, 15) is 0 Å². The Morgan fingerprint density at radius 1 is 0.944 bits per heavy atom. The van der Waals surface area contributed by atoms with Crippen molar-refractivity contribution in [3.05, 3.63) is 60.3 Å². The van der Waals surface area contributed by atoms with Gasteiger partial charge in [-0.1, -0.05) is 18.2 Å². The Morgan fingerprint density at radius 3 is 2.72 bits per heavy atom. The van der Waals surface area contributed by atoms with Crippen LogP contribution in [0.4, 0.5) is 11.6 Å². The molecule has 0 unspecified atom stereocenters. The van der Waals surface area contributed by atoms with Crippen LogP contribution in [0.3, 0.4) is 0 Å². The lowest BCUT2D eigenvalue weighted by Gasteiger charge is -2.06. The Balaban J connectivity index is 1.95. The molecular formula is C15H13N3. The van der Waals surface area contributed by atoms with Crippen molar-refractivity contribution in [2.45, 2.75) is 6.92 Å². The van der Waals surface area contributed by atoms with Crippen LogP contribution in [0, 0.1) is 6.92 Å². The zero-order chi connectivity index (χ0) is 12.4. The van der Waals surface area contributed by atoms with Crippen LogP contribution < -0.4 is 5.32 Å². The zero-order valence-electron chi connectivity index (χ0n) is 10.1. The van der Waals surface area contributed by atoms with E-state index in [2.05, 4.69) is 27.4 Å². The number of fused-ring (bicyclic) bond motifs is 1. The molecule has 3 rings (SSSR count). The summed E-state index contributed by atoms with van der Waals surface area (Å²) in [6.45, 7) is 2.04. The van der Waals surface area contributed by atoms with E-state index in [-0.39, 0.29) is 0 Å². The highest BCUT2D eigenvalue weighted by Crippen LogP contribution is 2.17. The molecule has 1 N–H and O–H groups in total. The molecule has 0 saturated carbocycles. The van der Waals surface area contributed by atoms with E-state index in [1.807, 2.05) is 43.3 Å².